The Kier molecular flexibility index (Phi) is 10.4. The van der Waals surface area contributed by atoms with Crippen LogP contribution in [0.3, 0.4) is 0 Å². The number of nitrogens with one attached hydrogen (secondary N) is 2. The molecule has 1 unspecified atom stereocenters. The van der Waals surface area contributed by atoms with E-state index in [1.165, 1.54) is 11.3 Å². The number of aryl methyl sites for hydroxylation is 1. The lowest BCUT2D eigenvalue weighted by Gasteiger charge is -2.21. The van der Waals surface area contributed by atoms with Gasteiger partial charge < -0.3 is 24.8 Å². The number of esters is 1. The average Bonchev–Trinajstić information content (AvgIpc) is 3.12. The van der Waals surface area contributed by atoms with E-state index in [2.05, 4.69) is 20.6 Å². The number of hydrogen-bond acceptors (Lipinski definition) is 7. The topological polar surface area (TPSA) is 94.1 Å². The van der Waals surface area contributed by atoms with Gasteiger partial charge in [0.1, 0.15) is 9.88 Å². The molecule has 0 radical (unpaired) electrons. The quantitative estimate of drug-likeness (QED) is 0.257. The van der Waals surface area contributed by atoms with Gasteiger partial charge in [-0.25, -0.2) is 9.78 Å². The molecule has 1 saturated heterocycles. The molecule has 2 rings (SSSR count). The molecule has 8 nitrogen and oxygen atoms in total. The summed E-state index contributed by atoms with van der Waals surface area (Å²) in [5.41, 5.74) is 0.696. The maximum absolute atomic E-state index is 12.0. The highest BCUT2D eigenvalue weighted by Crippen LogP contribution is 2.24. The molecule has 0 spiro atoms. The summed E-state index contributed by atoms with van der Waals surface area (Å²) in [5.74, 6) is 1.02. The summed E-state index contributed by atoms with van der Waals surface area (Å²) in [6.45, 7) is 10.0. The van der Waals surface area contributed by atoms with Gasteiger partial charge in [-0.15, -0.1) is 11.3 Å². The Morgan fingerprint density at radius 1 is 1.41 bits per heavy atom. The van der Waals surface area contributed by atoms with Gasteiger partial charge in [0.2, 0.25) is 0 Å². The zero-order valence-corrected chi connectivity index (χ0v) is 18.8. The summed E-state index contributed by atoms with van der Waals surface area (Å²) >= 11 is 1.36. The molecule has 1 atom stereocenters. The molecule has 0 aromatic carbocycles. The molecule has 1 aliphatic heterocycles. The Morgan fingerprint density at radius 2 is 2.17 bits per heavy atom. The molecule has 0 aliphatic carbocycles. The maximum Gasteiger partial charge on any atom is 0.350 e. The number of aromatic nitrogens is 1. The van der Waals surface area contributed by atoms with Crippen molar-refractivity contribution in [3.63, 3.8) is 0 Å². The van der Waals surface area contributed by atoms with Crippen molar-refractivity contribution in [3.8, 4) is 0 Å². The predicted molar refractivity (Wildman–Crippen MR) is 115 cm³/mol. The van der Waals surface area contributed by atoms with Gasteiger partial charge in [0.05, 0.1) is 18.3 Å². The normalized spacial score (nSPS) is 16.5. The van der Waals surface area contributed by atoms with Crippen LogP contribution < -0.4 is 10.6 Å². The van der Waals surface area contributed by atoms with Gasteiger partial charge in [0.15, 0.2) is 5.96 Å². The third kappa shape index (κ3) is 7.91. The summed E-state index contributed by atoms with van der Waals surface area (Å²) in [7, 11) is 1.74. The fraction of sp³-hybridized carbons (Fsp3) is 0.750. The number of aliphatic imine (C=N–C) groups is 1. The van der Waals surface area contributed by atoms with Gasteiger partial charge in [0.25, 0.3) is 0 Å². The summed E-state index contributed by atoms with van der Waals surface area (Å²) in [4.78, 5) is 21.3. The smallest absolute Gasteiger partial charge is 0.350 e. The lowest BCUT2D eigenvalue weighted by Crippen LogP contribution is -2.39. The van der Waals surface area contributed by atoms with Gasteiger partial charge in [-0.1, -0.05) is 0 Å². The molecule has 2 heterocycles. The van der Waals surface area contributed by atoms with E-state index in [4.69, 9.17) is 14.2 Å². The van der Waals surface area contributed by atoms with E-state index in [0.717, 1.165) is 57.2 Å². The van der Waals surface area contributed by atoms with Crippen molar-refractivity contribution in [2.75, 3.05) is 46.6 Å². The Hall–Kier alpha value is -1.71. The number of thiazole rings is 1. The molecule has 164 valence electrons. The first-order valence-electron chi connectivity index (χ1n) is 10.3. The standard InChI is InChI=1S/C20H34N4O4S/c1-5-28-19(25)17-14(2)23-18(29-17)15(3)24-20(21-4)22-9-6-10-27-13-16-7-11-26-12-8-16/h15-16H,5-13H2,1-4H3,(H2,21,22,24). The van der Waals surface area contributed by atoms with Crippen molar-refractivity contribution < 1.29 is 19.0 Å². The molecule has 2 N–H and O–H groups in total. The van der Waals surface area contributed by atoms with Crippen LogP contribution in [0.4, 0.5) is 0 Å². The largest absolute Gasteiger partial charge is 0.462 e. The maximum atomic E-state index is 12.0. The Bertz CT molecular complexity index is 659. The molecule has 1 fully saturated rings. The van der Waals surface area contributed by atoms with Gasteiger partial charge in [-0.3, -0.25) is 4.99 Å². The summed E-state index contributed by atoms with van der Waals surface area (Å²) in [5, 5.41) is 7.44. The lowest BCUT2D eigenvalue weighted by atomic mass is 10.0. The van der Waals surface area contributed by atoms with Crippen LogP contribution in [-0.4, -0.2) is 63.5 Å². The molecule has 9 heteroatoms. The summed E-state index contributed by atoms with van der Waals surface area (Å²) < 4.78 is 16.2. The van der Waals surface area contributed by atoms with Crippen LogP contribution in [0.5, 0.6) is 0 Å². The van der Waals surface area contributed by atoms with Gasteiger partial charge in [-0.05, 0) is 46.0 Å². The zero-order chi connectivity index (χ0) is 21.1. The monoisotopic (exact) mass is 426 g/mol. The second-order valence-corrected chi connectivity index (χ2v) is 8.07. The van der Waals surface area contributed by atoms with Crippen LogP contribution in [0.15, 0.2) is 4.99 Å². The molecule has 1 aromatic rings. The molecule has 0 amide bonds. The number of carbonyl (C=O) groups is 1. The Morgan fingerprint density at radius 3 is 2.86 bits per heavy atom. The molecular weight excluding hydrogens is 392 g/mol. The van der Waals surface area contributed by atoms with Crippen molar-refractivity contribution >= 4 is 23.3 Å². The fourth-order valence-corrected chi connectivity index (χ4v) is 3.96. The third-order valence-electron chi connectivity index (χ3n) is 4.67. The predicted octanol–water partition coefficient (Wildman–Crippen LogP) is 2.69. The first-order chi connectivity index (χ1) is 14.0. The van der Waals surface area contributed by atoms with Crippen LogP contribution >= 0.6 is 11.3 Å². The lowest BCUT2D eigenvalue weighted by molar-refractivity contribution is 0.0203. The number of carbonyl (C=O) groups excluding carboxylic acids is 1. The first-order valence-corrected chi connectivity index (χ1v) is 11.1. The number of nitrogens with zero attached hydrogens (tertiary/aromatic N) is 2. The second kappa shape index (κ2) is 12.8. The Balaban J connectivity index is 1.69. The van der Waals surface area contributed by atoms with Gasteiger partial charge in [0, 0.05) is 40.0 Å². The number of ether oxygens (including phenoxy) is 3. The third-order valence-corrected chi connectivity index (χ3v) is 5.99. The van der Waals surface area contributed by atoms with E-state index in [1.54, 1.807) is 14.0 Å². The van der Waals surface area contributed by atoms with Gasteiger partial charge in [-0.2, -0.15) is 0 Å². The van der Waals surface area contributed by atoms with Crippen molar-refractivity contribution in [1.29, 1.82) is 0 Å². The highest BCUT2D eigenvalue weighted by Gasteiger charge is 2.20. The van der Waals surface area contributed by atoms with Crippen LogP contribution in [0.25, 0.3) is 0 Å². The number of hydrogen-bond donors (Lipinski definition) is 2. The van der Waals surface area contributed by atoms with Crippen LogP contribution in [0.1, 0.15) is 59.5 Å². The minimum absolute atomic E-state index is 0.0714. The molecule has 1 aliphatic rings. The highest BCUT2D eigenvalue weighted by molar-refractivity contribution is 7.13. The molecule has 0 saturated carbocycles. The van der Waals surface area contributed by atoms with Crippen LogP contribution in [-0.2, 0) is 14.2 Å². The Labute approximate surface area is 177 Å². The van der Waals surface area contributed by atoms with E-state index >= 15 is 0 Å². The molecule has 29 heavy (non-hydrogen) atoms. The number of guanidine groups is 1. The SMILES string of the molecule is CCOC(=O)c1sc(C(C)NC(=NC)NCCCOCC2CCOCC2)nc1C. The average molecular weight is 427 g/mol. The molecule has 0 bridgehead atoms. The van der Waals surface area contributed by atoms with Gasteiger partial charge >= 0.3 is 5.97 Å². The van der Waals surface area contributed by atoms with E-state index < -0.39 is 0 Å². The van der Waals surface area contributed by atoms with E-state index in [1.807, 2.05) is 13.8 Å². The van der Waals surface area contributed by atoms with E-state index in [0.29, 0.717) is 29.1 Å². The van der Waals surface area contributed by atoms with Crippen molar-refractivity contribution in [1.82, 2.24) is 15.6 Å². The molecule has 1 aromatic heterocycles. The number of rotatable bonds is 10. The summed E-state index contributed by atoms with van der Waals surface area (Å²) in [6.07, 6.45) is 3.10. The van der Waals surface area contributed by atoms with Crippen LogP contribution in [0, 0.1) is 12.8 Å². The van der Waals surface area contributed by atoms with Crippen molar-refractivity contribution in [2.24, 2.45) is 10.9 Å². The molecular formula is C20H34N4O4S. The minimum atomic E-state index is -0.316. The summed E-state index contributed by atoms with van der Waals surface area (Å²) in [6, 6.07) is -0.0714. The minimum Gasteiger partial charge on any atom is -0.462 e. The highest BCUT2D eigenvalue weighted by atomic mass is 32.1. The van der Waals surface area contributed by atoms with E-state index in [9.17, 15) is 4.79 Å². The zero-order valence-electron chi connectivity index (χ0n) is 18.0. The van der Waals surface area contributed by atoms with Crippen molar-refractivity contribution in [2.45, 2.75) is 46.1 Å². The van der Waals surface area contributed by atoms with E-state index in [-0.39, 0.29) is 12.0 Å². The van der Waals surface area contributed by atoms with Crippen molar-refractivity contribution in [3.05, 3.63) is 15.6 Å². The van der Waals surface area contributed by atoms with Crippen LogP contribution in [0.2, 0.25) is 0 Å². The second-order valence-electron chi connectivity index (χ2n) is 7.04. The first kappa shape index (κ1) is 23.6. The fourth-order valence-electron chi connectivity index (χ4n) is 2.99.